The Morgan fingerprint density at radius 3 is 2.74 bits per heavy atom. The molecule has 3 rings (SSSR count). The van der Waals surface area contributed by atoms with Gasteiger partial charge in [0.2, 0.25) is 0 Å². The van der Waals surface area contributed by atoms with E-state index in [2.05, 4.69) is 5.32 Å². The quantitative estimate of drug-likeness (QED) is 0.612. The van der Waals surface area contributed by atoms with Crippen molar-refractivity contribution in [2.75, 3.05) is 20.3 Å². The Hall–Kier alpha value is -2.15. The SMILES string of the molecule is COCCn1c(C)cc(C(=O)CN2C(=O)N[C@]3(CCCC[C@H]3C)C2=O)c1C. The second-order valence-corrected chi connectivity index (χ2v) is 7.79. The third-order valence-electron chi connectivity index (χ3n) is 6.20. The van der Waals surface area contributed by atoms with E-state index in [1.165, 1.54) is 0 Å². The fourth-order valence-corrected chi connectivity index (χ4v) is 4.48. The highest BCUT2D eigenvalue weighted by Crippen LogP contribution is 2.38. The van der Waals surface area contributed by atoms with Crippen molar-refractivity contribution in [3.8, 4) is 0 Å². The minimum Gasteiger partial charge on any atom is -0.383 e. The summed E-state index contributed by atoms with van der Waals surface area (Å²) in [7, 11) is 1.64. The van der Waals surface area contributed by atoms with Crippen LogP contribution in [0.25, 0.3) is 0 Å². The molecule has 2 atom stereocenters. The van der Waals surface area contributed by atoms with Crippen LogP contribution in [-0.2, 0) is 16.1 Å². The lowest BCUT2D eigenvalue weighted by molar-refractivity contribution is -0.133. The monoisotopic (exact) mass is 375 g/mol. The van der Waals surface area contributed by atoms with Gasteiger partial charge in [0, 0.05) is 30.6 Å². The van der Waals surface area contributed by atoms with Crippen molar-refractivity contribution in [1.82, 2.24) is 14.8 Å². The summed E-state index contributed by atoms with van der Waals surface area (Å²) in [6, 6.07) is 1.38. The fourth-order valence-electron chi connectivity index (χ4n) is 4.48. The average Bonchev–Trinajstić information content (AvgIpc) is 3.04. The molecule has 7 heteroatoms. The number of ether oxygens (including phenoxy) is 1. The van der Waals surface area contributed by atoms with Crippen molar-refractivity contribution in [3.05, 3.63) is 23.0 Å². The Morgan fingerprint density at radius 2 is 2.07 bits per heavy atom. The highest BCUT2D eigenvalue weighted by molar-refractivity contribution is 6.11. The molecule has 148 valence electrons. The second-order valence-electron chi connectivity index (χ2n) is 7.79. The lowest BCUT2D eigenvalue weighted by Gasteiger charge is -2.36. The summed E-state index contributed by atoms with van der Waals surface area (Å²) in [4.78, 5) is 39.5. The zero-order valence-electron chi connectivity index (χ0n) is 16.6. The van der Waals surface area contributed by atoms with E-state index in [9.17, 15) is 14.4 Å². The van der Waals surface area contributed by atoms with Crippen LogP contribution in [0.3, 0.4) is 0 Å². The van der Waals surface area contributed by atoms with Crippen LogP contribution in [0, 0.1) is 19.8 Å². The van der Waals surface area contributed by atoms with Crippen LogP contribution in [-0.4, -0.2) is 53.0 Å². The number of imide groups is 1. The van der Waals surface area contributed by atoms with Crippen molar-refractivity contribution in [3.63, 3.8) is 0 Å². The van der Waals surface area contributed by atoms with Gasteiger partial charge in [-0.3, -0.25) is 14.5 Å². The van der Waals surface area contributed by atoms with Crippen LogP contribution >= 0.6 is 0 Å². The molecule has 2 aliphatic rings. The van der Waals surface area contributed by atoms with Crippen LogP contribution < -0.4 is 5.32 Å². The molecule has 3 amide bonds. The largest absolute Gasteiger partial charge is 0.383 e. The van der Waals surface area contributed by atoms with Gasteiger partial charge in [0.15, 0.2) is 5.78 Å². The van der Waals surface area contributed by atoms with E-state index in [0.29, 0.717) is 25.1 Å². The summed E-state index contributed by atoms with van der Waals surface area (Å²) in [5.41, 5.74) is 1.52. The van der Waals surface area contributed by atoms with Gasteiger partial charge in [0.25, 0.3) is 5.91 Å². The summed E-state index contributed by atoms with van der Waals surface area (Å²) < 4.78 is 7.14. The third-order valence-corrected chi connectivity index (χ3v) is 6.20. The van der Waals surface area contributed by atoms with Crippen molar-refractivity contribution in [2.45, 2.75) is 58.5 Å². The highest BCUT2D eigenvalue weighted by Gasteiger charge is 2.55. The van der Waals surface area contributed by atoms with E-state index in [0.717, 1.165) is 35.6 Å². The van der Waals surface area contributed by atoms with Crippen LogP contribution in [0.2, 0.25) is 0 Å². The molecule has 0 unspecified atom stereocenters. The first-order valence-electron chi connectivity index (χ1n) is 9.64. The first kappa shape index (κ1) is 19.6. The fraction of sp³-hybridized carbons (Fsp3) is 0.650. The molecule has 1 saturated heterocycles. The Balaban J connectivity index is 1.78. The number of hydrogen-bond acceptors (Lipinski definition) is 4. The molecule has 0 aromatic carbocycles. The number of amides is 3. The van der Waals surface area contributed by atoms with Gasteiger partial charge in [-0.1, -0.05) is 19.8 Å². The number of carbonyl (C=O) groups is 3. The lowest BCUT2D eigenvalue weighted by Crippen LogP contribution is -2.54. The first-order valence-corrected chi connectivity index (χ1v) is 9.64. The third kappa shape index (κ3) is 3.29. The van der Waals surface area contributed by atoms with Crippen molar-refractivity contribution in [2.24, 2.45) is 5.92 Å². The number of carbonyl (C=O) groups excluding carboxylic acids is 3. The van der Waals surface area contributed by atoms with Crippen molar-refractivity contribution < 1.29 is 19.1 Å². The zero-order valence-corrected chi connectivity index (χ0v) is 16.6. The Labute approximate surface area is 160 Å². The minimum absolute atomic E-state index is 0.0851. The van der Waals surface area contributed by atoms with Crippen LogP contribution in [0.4, 0.5) is 4.79 Å². The second kappa shape index (κ2) is 7.46. The minimum atomic E-state index is -0.828. The maximum atomic E-state index is 13.0. The molecule has 0 radical (unpaired) electrons. The molecule has 1 aliphatic carbocycles. The number of urea groups is 1. The standard InChI is InChI=1S/C20H29N3O4/c1-13-7-5-6-8-20(13)18(25)23(19(26)21-20)12-17(24)16-11-14(2)22(15(16)3)9-10-27-4/h11,13H,5-10,12H2,1-4H3,(H,21,26)/t13-,20+/m1/s1. The van der Waals surface area contributed by atoms with Gasteiger partial charge >= 0.3 is 6.03 Å². The maximum absolute atomic E-state index is 13.0. The van der Waals surface area contributed by atoms with E-state index in [4.69, 9.17) is 4.74 Å². The number of nitrogens with zero attached hydrogens (tertiary/aromatic N) is 2. The molecule has 1 spiro atoms. The topological polar surface area (TPSA) is 80.6 Å². The van der Waals surface area contributed by atoms with E-state index < -0.39 is 11.6 Å². The number of aromatic nitrogens is 1. The maximum Gasteiger partial charge on any atom is 0.325 e. The molecule has 1 aromatic heterocycles. The molecule has 2 heterocycles. The lowest BCUT2D eigenvalue weighted by atomic mass is 9.73. The molecular formula is C20H29N3O4. The molecule has 1 aliphatic heterocycles. The van der Waals surface area contributed by atoms with E-state index in [1.807, 2.05) is 31.4 Å². The van der Waals surface area contributed by atoms with Crippen molar-refractivity contribution in [1.29, 1.82) is 0 Å². The molecule has 1 saturated carbocycles. The zero-order chi connectivity index (χ0) is 19.8. The number of methoxy groups -OCH3 is 1. The van der Waals surface area contributed by atoms with E-state index in [-0.39, 0.29) is 24.2 Å². The first-order chi connectivity index (χ1) is 12.8. The average molecular weight is 375 g/mol. The molecule has 2 fully saturated rings. The summed E-state index contributed by atoms with van der Waals surface area (Å²) in [5.74, 6) is -0.376. The number of aryl methyl sites for hydroxylation is 1. The van der Waals surface area contributed by atoms with Crippen LogP contribution in [0.5, 0.6) is 0 Å². The van der Waals surface area contributed by atoms with Gasteiger partial charge in [-0.2, -0.15) is 0 Å². The number of Topliss-reactive ketones (excluding diaryl/α,β-unsaturated/α-hetero) is 1. The summed E-state index contributed by atoms with van der Waals surface area (Å²) >= 11 is 0. The molecule has 1 N–H and O–H groups in total. The predicted molar refractivity (Wildman–Crippen MR) is 101 cm³/mol. The molecular weight excluding hydrogens is 346 g/mol. The molecule has 27 heavy (non-hydrogen) atoms. The summed E-state index contributed by atoms with van der Waals surface area (Å²) in [6.07, 6.45) is 3.54. The summed E-state index contributed by atoms with van der Waals surface area (Å²) in [5, 5.41) is 2.90. The predicted octanol–water partition coefficient (Wildman–Crippen LogP) is 2.43. The molecule has 7 nitrogen and oxygen atoms in total. The number of hydrogen-bond donors (Lipinski definition) is 1. The van der Waals surface area contributed by atoms with Crippen LogP contribution in [0.15, 0.2) is 6.07 Å². The van der Waals surface area contributed by atoms with Gasteiger partial charge in [0.05, 0.1) is 13.2 Å². The van der Waals surface area contributed by atoms with Gasteiger partial charge < -0.3 is 14.6 Å². The van der Waals surface area contributed by atoms with Gasteiger partial charge in [0.1, 0.15) is 5.54 Å². The van der Waals surface area contributed by atoms with Crippen LogP contribution in [0.1, 0.15) is 54.4 Å². The Kier molecular flexibility index (Phi) is 5.42. The normalized spacial score (nSPS) is 25.3. The van der Waals surface area contributed by atoms with Gasteiger partial charge in [-0.05, 0) is 38.7 Å². The smallest absolute Gasteiger partial charge is 0.325 e. The van der Waals surface area contributed by atoms with Gasteiger partial charge in [-0.25, -0.2) is 4.79 Å². The Morgan fingerprint density at radius 1 is 1.33 bits per heavy atom. The highest BCUT2D eigenvalue weighted by atomic mass is 16.5. The molecule has 0 bridgehead atoms. The van der Waals surface area contributed by atoms with Crippen molar-refractivity contribution >= 4 is 17.7 Å². The van der Waals surface area contributed by atoms with E-state index >= 15 is 0 Å². The number of nitrogens with one attached hydrogen (secondary N) is 1. The van der Waals surface area contributed by atoms with Gasteiger partial charge in [-0.15, -0.1) is 0 Å². The number of rotatable bonds is 6. The Bertz CT molecular complexity index is 770. The number of ketones is 1. The van der Waals surface area contributed by atoms with E-state index in [1.54, 1.807) is 7.11 Å². The summed E-state index contributed by atoms with van der Waals surface area (Å²) in [6.45, 7) is 6.82. The molecule has 1 aromatic rings.